The van der Waals surface area contributed by atoms with Gasteiger partial charge in [0, 0.05) is 19.2 Å². The summed E-state index contributed by atoms with van der Waals surface area (Å²) in [6.45, 7) is 5.49. The summed E-state index contributed by atoms with van der Waals surface area (Å²) in [5.74, 6) is 0.359. The fourth-order valence-corrected chi connectivity index (χ4v) is 3.27. The van der Waals surface area contributed by atoms with Gasteiger partial charge in [-0.2, -0.15) is 0 Å². The number of hydrogen-bond donors (Lipinski definition) is 3. The van der Waals surface area contributed by atoms with Gasteiger partial charge in [-0.15, -0.1) is 0 Å². The first-order valence-electron chi connectivity index (χ1n) is 7.15. The molecule has 0 spiro atoms. The lowest BCUT2D eigenvalue weighted by Gasteiger charge is -2.36. The molecule has 1 saturated carbocycles. The number of carbonyl (C=O) groups is 1. The lowest BCUT2D eigenvalue weighted by atomic mass is 9.75. The van der Waals surface area contributed by atoms with Gasteiger partial charge in [0.1, 0.15) is 0 Å². The number of amides is 1. The lowest BCUT2D eigenvalue weighted by Crippen LogP contribution is -2.47. The number of rotatable bonds is 3. The summed E-state index contributed by atoms with van der Waals surface area (Å²) in [6, 6.07) is 0.225. The van der Waals surface area contributed by atoms with Crippen LogP contribution in [0.15, 0.2) is 0 Å². The standard InChI is InChI=1S/C14H26N2O2/c1-14(2)5-3-4-11(7-14)16-13(18)12-6-10(9-17)8-15-12/h10-12,15,17H,3-9H2,1-2H3,(H,16,18)/t10-,11?,12-/m0/s1. The zero-order valence-electron chi connectivity index (χ0n) is 11.5. The highest BCUT2D eigenvalue weighted by molar-refractivity contribution is 5.82. The average Bonchev–Trinajstić information content (AvgIpc) is 2.76. The van der Waals surface area contributed by atoms with E-state index in [0.717, 1.165) is 25.8 Å². The van der Waals surface area contributed by atoms with Gasteiger partial charge < -0.3 is 15.7 Å². The molecule has 104 valence electrons. The molecular formula is C14H26N2O2. The third-order valence-corrected chi connectivity index (χ3v) is 4.35. The minimum absolute atomic E-state index is 0.104. The van der Waals surface area contributed by atoms with E-state index in [4.69, 9.17) is 5.11 Å². The van der Waals surface area contributed by atoms with Gasteiger partial charge in [0.25, 0.3) is 0 Å². The highest BCUT2D eigenvalue weighted by atomic mass is 16.3. The van der Waals surface area contributed by atoms with E-state index in [2.05, 4.69) is 24.5 Å². The average molecular weight is 254 g/mol. The predicted molar refractivity (Wildman–Crippen MR) is 71.2 cm³/mol. The normalized spacial score (nSPS) is 35.4. The molecule has 1 aliphatic heterocycles. The first-order chi connectivity index (χ1) is 8.50. The molecule has 0 aromatic carbocycles. The van der Waals surface area contributed by atoms with Crippen LogP contribution in [0.3, 0.4) is 0 Å². The number of aliphatic hydroxyl groups excluding tert-OH is 1. The molecule has 1 saturated heterocycles. The fourth-order valence-electron chi connectivity index (χ4n) is 3.27. The van der Waals surface area contributed by atoms with Gasteiger partial charge in [0.2, 0.25) is 5.91 Å². The number of carbonyl (C=O) groups excluding carboxylic acids is 1. The summed E-state index contributed by atoms with van der Waals surface area (Å²) in [4.78, 5) is 12.1. The maximum Gasteiger partial charge on any atom is 0.237 e. The quantitative estimate of drug-likeness (QED) is 0.705. The first-order valence-corrected chi connectivity index (χ1v) is 7.15. The van der Waals surface area contributed by atoms with Crippen molar-refractivity contribution in [3.05, 3.63) is 0 Å². The second kappa shape index (κ2) is 5.57. The van der Waals surface area contributed by atoms with Gasteiger partial charge in [0.15, 0.2) is 0 Å². The number of nitrogens with one attached hydrogen (secondary N) is 2. The molecule has 0 radical (unpaired) electrons. The topological polar surface area (TPSA) is 61.4 Å². The molecule has 1 amide bonds. The fraction of sp³-hybridized carbons (Fsp3) is 0.929. The highest BCUT2D eigenvalue weighted by Gasteiger charge is 2.33. The molecule has 18 heavy (non-hydrogen) atoms. The molecule has 0 aromatic heterocycles. The Hall–Kier alpha value is -0.610. The predicted octanol–water partition coefficient (Wildman–Crippen LogP) is 1.04. The molecule has 3 atom stereocenters. The summed E-state index contributed by atoms with van der Waals surface area (Å²) >= 11 is 0. The van der Waals surface area contributed by atoms with Crippen molar-refractivity contribution >= 4 is 5.91 Å². The van der Waals surface area contributed by atoms with Gasteiger partial charge in [-0.1, -0.05) is 20.3 Å². The van der Waals surface area contributed by atoms with E-state index in [0.29, 0.717) is 11.5 Å². The molecule has 0 aromatic rings. The molecule has 0 bridgehead atoms. The van der Waals surface area contributed by atoms with Gasteiger partial charge in [-0.3, -0.25) is 4.79 Å². The van der Waals surface area contributed by atoms with Crippen LogP contribution < -0.4 is 10.6 Å². The molecule has 1 unspecified atom stereocenters. The van der Waals surface area contributed by atoms with Crippen LogP contribution in [-0.4, -0.2) is 36.2 Å². The minimum Gasteiger partial charge on any atom is -0.396 e. The van der Waals surface area contributed by atoms with Gasteiger partial charge in [-0.25, -0.2) is 0 Å². The van der Waals surface area contributed by atoms with Crippen molar-refractivity contribution in [2.45, 2.75) is 58.0 Å². The van der Waals surface area contributed by atoms with Crippen LogP contribution in [-0.2, 0) is 4.79 Å². The van der Waals surface area contributed by atoms with Crippen LogP contribution in [0.2, 0.25) is 0 Å². The van der Waals surface area contributed by atoms with Crippen molar-refractivity contribution in [1.29, 1.82) is 0 Å². The lowest BCUT2D eigenvalue weighted by molar-refractivity contribution is -0.124. The second-order valence-corrected chi connectivity index (χ2v) is 6.71. The van der Waals surface area contributed by atoms with E-state index in [-0.39, 0.29) is 24.5 Å². The third kappa shape index (κ3) is 3.45. The van der Waals surface area contributed by atoms with E-state index >= 15 is 0 Å². The van der Waals surface area contributed by atoms with Crippen LogP contribution in [0.5, 0.6) is 0 Å². The van der Waals surface area contributed by atoms with E-state index in [1.165, 1.54) is 12.8 Å². The van der Waals surface area contributed by atoms with Gasteiger partial charge in [0.05, 0.1) is 6.04 Å². The maximum atomic E-state index is 12.1. The molecule has 2 fully saturated rings. The maximum absolute atomic E-state index is 12.1. The van der Waals surface area contributed by atoms with Crippen molar-refractivity contribution in [2.24, 2.45) is 11.3 Å². The van der Waals surface area contributed by atoms with E-state index in [9.17, 15) is 4.79 Å². The SMILES string of the molecule is CC1(C)CCCC(NC(=O)[C@@H]2C[C@H](CO)CN2)C1. The molecule has 4 nitrogen and oxygen atoms in total. The third-order valence-electron chi connectivity index (χ3n) is 4.35. The van der Waals surface area contributed by atoms with Crippen LogP contribution >= 0.6 is 0 Å². The van der Waals surface area contributed by atoms with E-state index < -0.39 is 0 Å². The molecule has 1 aliphatic carbocycles. The van der Waals surface area contributed by atoms with Crippen molar-refractivity contribution in [3.8, 4) is 0 Å². The summed E-state index contributed by atoms with van der Waals surface area (Å²) in [6.07, 6.45) is 5.40. The zero-order chi connectivity index (χ0) is 13.2. The Labute approximate surface area is 110 Å². The van der Waals surface area contributed by atoms with Crippen molar-refractivity contribution < 1.29 is 9.90 Å². The minimum atomic E-state index is -0.104. The Balaban J connectivity index is 1.81. The van der Waals surface area contributed by atoms with Gasteiger partial charge >= 0.3 is 0 Å². The smallest absolute Gasteiger partial charge is 0.237 e. The van der Waals surface area contributed by atoms with Crippen molar-refractivity contribution in [2.75, 3.05) is 13.2 Å². The Kier molecular flexibility index (Phi) is 4.28. The Morgan fingerprint density at radius 2 is 2.28 bits per heavy atom. The molecule has 3 N–H and O–H groups in total. The number of hydrogen-bond acceptors (Lipinski definition) is 3. The Morgan fingerprint density at radius 3 is 2.89 bits per heavy atom. The molecule has 1 heterocycles. The molecular weight excluding hydrogens is 228 g/mol. The highest BCUT2D eigenvalue weighted by Crippen LogP contribution is 2.35. The van der Waals surface area contributed by atoms with Crippen LogP contribution in [0, 0.1) is 11.3 Å². The second-order valence-electron chi connectivity index (χ2n) is 6.71. The largest absolute Gasteiger partial charge is 0.396 e. The molecule has 2 aliphatic rings. The zero-order valence-corrected chi connectivity index (χ0v) is 11.5. The van der Waals surface area contributed by atoms with Crippen molar-refractivity contribution in [3.63, 3.8) is 0 Å². The Bertz CT molecular complexity index is 304. The van der Waals surface area contributed by atoms with Crippen molar-refractivity contribution in [1.82, 2.24) is 10.6 Å². The Morgan fingerprint density at radius 1 is 1.50 bits per heavy atom. The monoisotopic (exact) mass is 254 g/mol. The number of aliphatic hydroxyl groups is 1. The summed E-state index contributed by atoms with van der Waals surface area (Å²) in [7, 11) is 0. The summed E-state index contributed by atoms with van der Waals surface area (Å²) in [5, 5.41) is 15.5. The summed E-state index contributed by atoms with van der Waals surface area (Å²) < 4.78 is 0. The molecule has 2 rings (SSSR count). The van der Waals surface area contributed by atoms with Crippen LogP contribution in [0.4, 0.5) is 0 Å². The van der Waals surface area contributed by atoms with Crippen LogP contribution in [0.25, 0.3) is 0 Å². The first kappa shape index (κ1) is 13.8. The molecule has 4 heteroatoms. The summed E-state index contributed by atoms with van der Waals surface area (Å²) in [5.41, 5.74) is 0.354. The van der Waals surface area contributed by atoms with Gasteiger partial charge in [-0.05, 0) is 37.0 Å². The van der Waals surface area contributed by atoms with E-state index in [1.54, 1.807) is 0 Å². The van der Waals surface area contributed by atoms with Crippen LogP contribution in [0.1, 0.15) is 46.0 Å². The van der Waals surface area contributed by atoms with E-state index in [1.807, 2.05) is 0 Å².